The van der Waals surface area contributed by atoms with Gasteiger partial charge < -0.3 is 10.6 Å². The van der Waals surface area contributed by atoms with Gasteiger partial charge in [-0.05, 0) is 48.7 Å². The summed E-state index contributed by atoms with van der Waals surface area (Å²) in [5, 5.41) is 10.5. The fourth-order valence-electron chi connectivity index (χ4n) is 2.43. The molecule has 2 aromatic rings. The van der Waals surface area contributed by atoms with Crippen LogP contribution in [0.2, 0.25) is 0 Å². The molecule has 148 valence electrons. The van der Waals surface area contributed by atoms with Crippen LogP contribution in [0.1, 0.15) is 23.1 Å². The maximum Gasteiger partial charge on any atom is 0.244 e. The number of hydrogen-bond acceptors (Lipinski definition) is 4. The lowest BCUT2D eigenvalue weighted by molar-refractivity contribution is -0.117. The predicted octanol–water partition coefficient (Wildman–Crippen LogP) is 2.11. The molecule has 0 spiro atoms. The number of anilines is 1. The molecule has 2 rings (SSSR count). The van der Waals surface area contributed by atoms with E-state index in [1.807, 2.05) is 30.3 Å². The SMILES string of the molecule is Cc1cc(S(N)(=O)=O)cc(NC(=O)CCNC(=O)/C=C/c2ccccc2)c1C. The Hall–Kier alpha value is -2.97. The van der Waals surface area contributed by atoms with Gasteiger partial charge in [-0.3, -0.25) is 9.59 Å². The number of hydrogen-bond donors (Lipinski definition) is 3. The van der Waals surface area contributed by atoms with Gasteiger partial charge in [0.25, 0.3) is 0 Å². The number of carbonyl (C=O) groups excluding carboxylic acids is 2. The van der Waals surface area contributed by atoms with E-state index in [1.165, 1.54) is 18.2 Å². The number of nitrogens with one attached hydrogen (secondary N) is 2. The molecule has 0 aromatic heterocycles. The van der Waals surface area contributed by atoms with Crippen LogP contribution in [0.5, 0.6) is 0 Å². The molecule has 0 saturated heterocycles. The van der Waals surface area contributed by atoms with Gasteiger partial charge in [0.05, 0.1) is 4.90 Å². The maximum absolute atomic E-state index is 12.1. The first-order valence-electron chi connectivity index (χ1n) is 8.61. The molecule has 7 nitrogen and oxygen atoms in total. The van der Waals surface area contributed by atoms with E-state index in [2.05, 4.69) is 10.6 Å². The molecule has 28 heavy (non-hydrogen) atoms. The molecule has 0 aliphatic rings. The van der Waals surface area contributed by atoms with E-state index in [1.54, 1.807) is 19.9 Å². The van der Waals surface area contributed by atoms with Crippen molar-refractivity contribution in [3.63, 3.8) is 0 Å². The second-order valence-corrected chi connectivity index (χ2v) is 7.85. The smallest absolute Gasteiger partial charge is 0.244 e. The molecule has 0 atom stereocenters. The summed E-state index contributed by atoms with van der Waals surface area (Å²) in [5.41, 5.74) is 2.72. The van der Waals surface area contributed by atoms with Crippen molar-refractivity contribution in [2.45, 2.75) is 25.2 Å². The van der Waals surface area contributed by atoms with Gasteiger partial charge in [0.1, 0.15) is 0 Å². The van der Waals surface area contributed by atoms with Gasteiger partial charge in [0, 0.05) is 24.7 Å². The standard InChI is InChI=1S/C20H23N3O4S/c1-14-12-17(28(21,26)27)13-18(15(14)2)23-20(25)10-11-22-19(24)9-8-16-6-4-3-5-7-16/h3-9,12-13H,10-11H2,1-2H3,(H,22,24)(H,23,25)(H2,21,26,27)/b9-8+. The highest BCUT2D eigenvalue weighted by molar-refractivity contribution is 7.89. The van der Waals surface area contributed by atoms with Crippen LogP contribution in [0.25, 0.3) is 6.08 Å². The normalized spacial score (nSPS) is 11.4. The predicted molar refractivity (Wildman–Crippen MR) is 109 cm³/mol. The van der Waals surface area contributed by atoms with Crippen molar-refractivity contribution in [2.24, 2.45) is 5.14 Å². The Morgan fingerprint density at radius 3 is 2.43 bits per heavy atom. The third-order valence-corrected chi connectivity index (χ3v) is 5.01. The summed E-state index contributed by atoms with van der Waals surface area (Å²) in [7, 11) is -3.87. The Labute approximate surface area is 164 Å². The zero-order valence-corrected chi connectivity index (χ0v) is 16.5. The number of amides is 2. The Kier molecular flexibility index (Phi) is 7.08. The highest BCUT2D eigenvalue weighted by Crippen LogP contribution is 2.23. The summed E-state index contributed by atoms with van der Waals surface area (Å²) in [5.74, 6) is -0.652. The van der Waals surface area contributed by atoms with Gasteiger partial charge in [0.2, 0.25) is 21.8 Å². The number of primary sulfonamides is 1. The molecule has 4 N–H and O–H groups in total. The summed E-state index contributed by atoms with van der Waals surface area (Å²) >= 11 is 0. The average molecular weight is 401 g/mol. The minimum absolute atomic E-state index is 0.0447. The molecule has 0 aliphatic heterocycles. The molecule has 0 radical (unpaired) electrons. The number of nitrogens with two attached hydrogens (primary N) is 1. The molecular formula is C20H23N3O4S. The van der Waals surface area contributed by atoms with Gasteiger partial charge >= 0.3 is 0 Å². The highest BCUT2D eigenvalue weighted by Gasteiger charge is 2.14. The fraction of sp³-hybridized carbons (Fsp3) is 0.200. The largest absolute Gasteiger partial charge is 0.352 e. The van der Waals surface area contributed by atoms with Crippen LogP contribution in [0.3, 0.4) is 0 Å². The van der Waals surface area contributed by atoms with E-state index >= 15 is 0 Å². The topological polar surface area (TPSA) is 118 Å². The number of carbonyl (C=O) groups is 2. The first-order valence-corrected chi connectivity index (χ1v) is 10.2. The molecule has 2 aromatic carbocycles. The molecule has 0 saturated carbocycles. The summed E-state index contributed by atoms with van der Waals surface area (Å²) in [6.07, 6.45) is 3.12. The molecule has 0 bridgehead atoms. The van der Waals surface area contributed by atoms with E-state index in [0.29, 0.717) is 11.3 Å². The lowest BCUT2D eigenvalue weighted by atomic mass is 10.1. The molecule has 0 fully saturated rings. The molecule has 0 heterocycles. The molecule has 0 aliphatic carbocycles. The summed E-state index contributed by atoms with van der Waals surface area (Å²) in [6, 6.07) is 12.2. The second kappa shape index (κ2) is 9.29. The van der Waals surface area contributed by atoms with Crippen molar-refractivity contribution in [1.82, 2.24) is 5.32 Å². The van der Waals surface area contributed by atoms with Crippen molar-refractivity contribution in [1.29, 1.82) is 0 Å². The minimum atomic E-state index is -3.87. The first kappa shape index (κ1) is 21.3. The quantitative estimate of drug-likeness (QED) is 0.616. The Bertz CT molecular complexity index is 1000. The van der Waals surface area contributed by atoms with Gasteiger partial charge in [-0.15, -0.1) is 0 Å². The van der Waals surface area contributed by atoms with Crippen LogP contribution in [-0.4, -0.2) is 26.8 Å². The fourth-order valence-corrected chi connectivity index (χ4v) is 3.05. The average Bonchev–Trinajstić information content (AvgIpc) is 2.63. The summed E-state index contributed by atoms with van der Waals surface area (Å²) < 4.78 is 23.1. The minimum Gasteiger partial charge on any atom is -0.352 e. The van der Waals surface area contributed by atoms with Crippen molar-refractivity contribution < 1.29 is 18.0 Å². The van der Waals surface area contributed by atoms with Crippen LogP contribution < -0.4 is 15.8 Å². The highest BCUT2D eigenvalue weighted by atomic mass is 32.2. The third-order valence-electron chi connectivity index (χ3n) is 4.12. The number of aryl methyl sites for hydroxylation is 1. The monoisotopic (exact) mass is 401 g/mol. The molecule has 0 unspecified atom stereocenters. The van der Waals surface area contributed by atoms with E-state index in [4.69, 9.17) is 5.14 Å². The van der Waals surface area contributed by atoms with Crippen molar-refractivity contribution in [2.75, 3.05) is 11.9 Å². The van der Waals surface area contributed by atoms with Crippen molar-refractivity contribution >= 4 is 33.6 Å². The number of benzene rings is 2. The lowest BCUT2D eigenvalue weighted by Crippen LogP contribution is -2.26. The zero-order chi connectivity index (χ0) is 20.7. The van der Waals surface area contributed by atoms with Crippen LogP contribution in [-0.2, 0) is 19.6 Å². The van der Waals surface area contributed by atoms with E-state index in [0.717, 1.165) is 11.1 Å². The van der Waals surface area contributed by atoms with Gasteiger partial charge in [-0.25, -0.2) is 13.6 Å². The van der Waals surface area contributed by atoms with Crippen LogP contribution >= 0.6 is 0 Å². The van der Waals surface area contributed by atoms with Gasteiger partial charge in [0.15, 0.2) is 0 Å². The van der Waals surface area contributed by atoms with E-state index in [-0.39, 0.29) is 29.7 Å². The Morgan fingerprint density at radius 2 is 1.79 bits per heavy atom. The third kappa shape index (κ3) is 6.33. The molecule has 2 amide bonds. The Morgan fingerprint density at radius 1 is 1.11 bits per heavy atom. The molecular weight excluding hydrogens is 378 g/mol. The summed E-state index contributed by atoms with van der Waals surface area (Å²) in [4.78, 5) is 23.9. The first-order chi connectivity index (χ1) is 13.2. The lowest BCUT2D eigenvalue weighted by Gasteiger charge is -2.13. The van der Waals surface area contributed by atoms with E-state index < -0.39 is 10.0 Å². The molecule has 8 heteroatoms. The van der Waals surface area contributed by atoms with Crippen molar-refractivity contribution in [3.05, 3.63) is 65.2 Å². The Balaban J connectivity index is 1.90. The second-order valence-electron chi connectivity index (χ2n) is 6.29. The van der Waals surface area contributed by atoms with Gasteiger partial charge in [-0.2, -0.15) is 0 Å². The number of sulfonamides is 1. The van der Waals surface area contributed by atoms with Crippen molar-refractivity contribution in [3.8, 4) is 0 Å². The number of rotatable bonds is 7. The van der Waals surface area contributed by atoms with Gasteiger partial charge in [-0.1, -0.05) is 30.3 Å². The summed E-state index contributed by atoms with van der Waals surface area (Å²) in [6.45, 7) is 3.66. The maximum atomic E-state index is 12.1. The van der Waals surface area contributed by atoms with Crippen LogP contribution in [0.15, 0.2) is 53.4 Å². The van der Waals surface area contributed by atoms with Crippen LogP contribution in [0, 0.1) is 13.8 Å². The van der Waals surface area contributed by atoms with Crippen LogP contribution in [0.4, 0.5) is 5.69 Å². The zero-order valence-electron chi connectivity index (χ0n) is 15.7. The van der Waals surface area contributed by atoms with E-state index in [9.17, 15) is 18.0 Å².